The molecule has 0 radical (unpaired) electrons. The molecule has 3 heteroatoms. The molecule has 1 aromatic carbocycles. The molecular formula is C15H20BrNO. The molecular weight excluding hydrogens is 290 g/mol. The van der Waals surface area contributed by atoms with Crippen LogP contribution in [0, 0.1) is 0 Å². The third kappa shape index (κ3) is 4.46. The van der Waals surface area contributed by atoms with E-state index < -0.39 is 0 Å². The fourth-order valence-corrected chi connectivity index (χ4v) is 2.38. The van der Waals surface area contributed by atoms with Crippen molar-refractivity contribution in [2.24, 2.45) is 0 Å². The molecule has 0 amide bonds. The van der Waals surface area contributed by atoms with Crippen molar-refractivity contribution in [2.75, 3.05) is 6.54 Å². The van der Waals surface area contributed by atoms with Gasteiger partial charge in [-0.1, -0.05) is 28.1 Å². The first-order chi connectivity index (χ1) is 8.74. The third-order valence-corrected chi connectivity index (χ3v) is 3.70. The molecule has 0 saturated heterocycles. The number of benzene rings is 1. The zero-order valence-corrected chi connectivity index (χ0v) is 12.3. The second kappa shape index (κ2) is 6.95. The van der Waals surface area contributed by atoms with Crippen molar-refractivity contribution >= 4 is 15.9 Å². The first-order valence-corrected chi connectivity index (χ1v) is 7.31. The second-order valence-electron chi connectivity index (χ2n) is 4.85. The summed E-state index contributed by atoms with van der Waals surface area (Å²) in [5, 5.41) is 3.54. The van der Waals surface area contributed by atoms with Crippen LogP contribution in [-0.2, 0) is 11.2 Å². The second-order valence-corrected chi connectivity index (χ2v) is 5.76. The summed E-state index contributed by atoms with van der Waals surface area (Å²) in [6.45, 7) is 3.16. The molecule has 0 aromatic heterocycles. The SMILES string of the molecule is CC(Cc1ccc(Br)cc1)NCC1CCC=CO1. The highest BCUT2D eigenvalue weighted by Gasteiger charge is 2.12. The molecule has 0 spiro atoms. The number of allylic oxidation sites excluding steroid dienone is 1. The number of nitrogens with one attached hydrogen (secondary N) is 1. The van der Waals surface area contributed by atoms with E-state index in [4.69, 9.17) is 4.74 Å². The molecule has 18 heavy (non-hydrogen) atoms. The molecule has 1 N–H and O–H groups in total. The summed E-state index contributed by atoms with van der Waals surface area (Å²) in [6.07, 6.45) is 7.55. The number of ether oxygens (including phenoxy) is 1. The van der Waals surface area contributed by atoms with Crippen LogP contribution in [0.1, 0.15) is 25.3 Å². The van der Waals surface area contributed by atoms with Crippen LogP contribution in [0.15, 0.2) is 41.1 Å². The number of hydrogen-bond acceptors (Lipinski definition) is 2. The van der Waals surface area contributed by atoms with E-state index in [2.05, 4.69) is 58.5 Å². The zero-order valence-electron chi connectivity index (χ0n) is 10.7. The van der Waals surface area contributed by atoms with Gasteiger partial charge in [0.25, 0.3) is 0 Å². The van der Waals surface area contributed by atoms with E-state index in [1.54, 1.807) is 0 Å². The minimum atomic E-state index is 0.336. The van der Waals surface area contributed by atoms with E-state index >= 15 is 0 Å². The molecule has 0 saturated carbocycles. The van der Waals surface area contributed by atoms with Crippen LogP contribution in [0.2, 0.25) is 0 Å². The fraction of sp³-hybridized carbons (Fsp3) is 0.467. The van der Waals surface area contributed by atoms with Crippen LogP contribution in [0.3, 0.4) is 0 Å². The Labute approximate surface area is 118 Å². The van der Waals surface area contributed by atoms with Crippen molar-refractivity contribution in [3.05, 3.63) is 46.6 Å². The molecule has 1 aliphatic rings. The van der Waals surface area contributed by atoms with Gasteiger partial charge in [-0.2, -0.15) is 0 Å². The topological polar surface area (TPSA) is 21.3 Å². The van der Waals surface area contributed by atoms with E-state index in [9.17, 15) is 0 Å². The Morgan fingerprint density at radius 3 is 2.83 bits per heavy atom. The van der Waals surface area contributed by atoms with Crippen molar-refractivity contribution in [3.63, 3.8) is 0 Å². The zero-order chi connectivity index (χ0) is 12.8. The van der Waals surface area contributed by atoms with E-state index in [-0.39, 0.29) is 0 Å². The molecule has 1 heterocycles. The summed E-state index contributed by atoms with van der Waals surface area (Å²) in [6, 6.07) is 9.00. The van der Waals surface area contributed by atoms with Gasteiger partial charge in [0.05, 0.1) is 6.26 Å². The van der Waals surface area contributed by atoms with Gasteiger partial charge < -0.3 is 10.1 Å². The lowest BCUT2D eigenvalue weighted by Gasteiger charge is -2.22. The molecule has 0 fully saturated rings. The van der Waals surface area contributed by atoms with E-state index in [1.807, 2.05) is 6.26 Å². The lowest BCUT2D eigenvalue weighted by atomic mass is 10.1. The quantitative estimate of drug-likeness (QED) is 0.896. The summed E-state index contributed by atoms with van der Waals surface area (Å²) in [4.78, 5) is 0. The van der Waals surface area contributed by atoms with Crippen LogP contribution >= 0.6 is 15.9 Å². The molecule has 0 bridgehead atoms. The van der Waals surface area contributed by atoms with Crippen molar-refractivity contribution in [3.8, 4) is 0 Å². The van der Waals surface area contributed by atoms with E-state index in [0.29, 0.717) is 12.1 Å². The molecule has 2 nitrogen and oxygen atoms in total. The maximum absolute atomic E-state index is 5.55. The first kappa shape index (κ1) is 13.6. The van der Waals surface area contributed by atoms with Gasteiger partial charge in [0, 0.05) is 17.1 Å². The Bertz CT molecular complexity index is 388. The van der Waals surface area contributed by atoms with Gasteiger partial charge in [0.1, 0.15) is 6.10 Å². The van der Waals surface area contributed by atoms with E-state index in [0.717, 1.165) is 30.3 Å². The Hall–Kier alpha value is -0.800. The molecule has 2 unspecified atom stereocenters. The highest BCUT2D eigenvalue weighted by Crippen LogP contribution is 2.12. The van der Waals surface area contributed by atoms with Crippen molar-refractivity contribution in [1.82, 2.24) is 5.32 Å². The standard InChI is InChI=1S/C15H20BrNO/c1-12(10-13-5-7-14(16)8-6-13)17-11-15-4-2-3-9-18-15/h3,5-9,12,15,17H,2,4,10-11H2,1H3. The van der Waals surface area contributed by atoms with Gasteiger partial charge >= 0.3 is 0 Å². The predicted molar refractivity (Wildman–Crippen MR) is 78.6 cm³/mol. The molecule has 2 atom stereocenters. The molecule has 1 aliphatic heterocycles. The summed E-state index contributed by atoms with van der Waals surface area (Å²) < 4.78 is 6.68. The van der Waals surface area contributed by atoms with Crippen molar-refractivity contribution < 1.29 is 4.74 Å². The van der Waals surface area contributed by atoms with Crippen LogP contribution in [0.5, 0.6) is 0 Å². The first-order valence-electron chi connectivity index (χ1n) is 6.52. The van der Waals surface area contributed by atoms with Gasteiger partial charge in [-0.3, -0.25) is 0 Å². The number of rotatable bonds is 5. The Balaban J connectivity index is 1.73. The average Bonchev–Trinajstić information content (AvgIpc) is 2.40. The Morgan fingerprint density at radius 1 is 1.39 bits per heavy atom. The lowest BCUT2D eigenvalue weighted by molar-refractivity contribution is 0.120. The largest absolute Gasteiger partial charge is 0.497 e. The van der Waals surface area contributed by atoms with Crippen LogP contribution in [0.25, 0.3) is 0 Å². The highest BCUT2D eigenvalue weighted by atomic mass is 79.9. The van der Waals surface area contributed by atoms with Gasteiger partial charge in [0.2, 0.25) is 0 Å². The minimum absolute atomic E-state index is 0.336. The average molecular weight is 310 g/mol. The highest BCUT2D eigenvalue weighted by molar-refractivity contribution is 9.10. The van der Waals surface area contributed by atoms with Crippen LogP contribution in [-0.4, -0.2) is 18.7 Å². The van der Waals surface area contributed by atoms with Gasteiger partial charge in [-0.05, 0) is 50.0 Å². The summed E-state index contributed by atoms with van der Waals surface area (Å²) in [7, 11) is 0. The van der Waals surface area contributed by atoms with Gasteiger partial charge in [0.15, 0.2) is 0 Å². The van der Waals surface area contributed by atoms with Crippen molar-refractivity contribution in [1.29, 1.82) is 0 Å². The van der Waals surface area contributed by atoms with Gasteiger partial charge in [-0.25, -0.2) is 0 Å². The summed E-state index contributed by atoms with van der Waals surface area (Å²) in [5.74, 6) is 0. The summed E-state index contributed by atoms with van der Waals surface area (Å²) >= 11 is 3.46. The predicted octanol–water partition coefficient (Wildman–Crippen LogP) is 3.66. The van der Waals surface area contributed by atoms with Crippen LogP contribution in [0.4, 0.5) is 0 Å². The molecule has 1 aromatic rings. The normalized spacial score (nSPS) is 20.4. The van der Waals surface area contributed by atoms with Gasteiger partial charge in [-0.15, -0.1) is 0 Å². The minimum Gasteiger partial charge on any atom is -0.497 e. The molecule has 98 valence electrons. The smallest absolute Gasteiger partial charge is 0.110 e. The monoisotopic (exact) mass is 309 g/mol. The van der Waals surface area contributed by atoms with Crippen molar-refractivity contribution in [2.45, 2.75) is 38.3 Å². The lowest BCUT2D eigenvalue weighted by Crippen LogP contribution is -2.36. The van der Waals surface area contributed by atoms with E-state index in [1.165, 1.54) is 5.56 Å². The number of hydrogen-bond donors (Lipinski definition) is 1. The fourth-order valence-electron chi connectivity index (χ4n) is 2.11. The van der Waals surface area contributed by atoms with Crippen LogP contribution < -0.4 is 5.32 Å². The maximum atomic E-state index is 5.55. The molecule has 0 aliphatic carbocycles. The Kier molecular flexibility index (Phi) is 5.26. The third-order valence-electron chi connectivity index (χ3n) is 3.17. The summed E-state index contributed by atoms with van der Waals surface area (Å²) in [5.41, 5.74) is 1.36. The molecule has 2 rings (SSSR count). The Morgan fingerprint density at radius 2 is 2.17 bits per heavy atom. The number of halogens is 1. The maximum Gasteiger partial charge on any atom is 0.110 e.